The van der Waals surface area contributed by atoms with Gasteiger partial charge in [-0.3, -0.25) is 4.68 Å². The van der Waals surface area contributed by atoms with Gasteiger partial charge in [-0.2, -0.15) is 5.10 Å². The monoisotopic (exact) mass is 318 g/mol. The Balaban J connectivity index is 1.59. The molecule has 0 saturated carbocycles. The fourth-order valence-electron chi connectivity index (χ4n) is 3.32. The Hall–Kier alpha value is -1.66. The van der Waals surface area contributed by atoms with E-state index in [9.17, 15) is 0 Å². The van der Waals surface area contributed by atoms with Crippen molar-refractivity contribution in [3.05, 3.63) is 35.0 Å². The third kappa shape index (κ3) is 3.48. The molecule has 3 heterocycles. The number of aryl methyl sites for hydroxylation is 3. The third-order valence-corrected chi connectivity index (χ3v) is 4.58. The zero-order chi connectivity index (χ0) is 16.2. The van der Waals surface area contributed by atoms with Crippen molar-refractivity contribution in [2.24, 2.45) is 13.0 Å². The van der Waals surface area contributed by atoms with Crippen molar-refractivity contribution in [1.82, 2.24) is 20.3 Å². The lowest BCUT2D eigenvalue weighted by Crippen LogP contribution is -2.25. The van der Waals surface area contributed by atoms with Gasteiger partial charge < -0.3 is 14.6 Å². The summed E-state index contributed by atoms with van der Waals surface area (Å²) >= 11 is 0. The number of ether oxygens (including phenoxy) is 1. The lowest BCUT2D eigenvalue weighted by Gasteiger charge is -2.18. The zero-order valence-corrected chi connectivity index (χ0v) is 14.2. The number of nitrogens with zero attached hydrogens (tertiary/aromatic N) is 3. The lowest BCUT2D eigenvalue weighted by atomic mass is 9.97. The van der Waals surface area contributed by atoms with Crippen LogP contribution in [0.1, 0.15) is 49.0 Å². The molecule has 2 aromatic heterocycles. The van der Waals surface area contributed by atoms with Crippen molar-refractivity contribution in [3.63, 3.8) is 0 Å². The van der Waals surface area contributed by atoms with Crippen molar-refractivity contribution < 1.29 is 9.26 Å². The maximum Gasteiger partial charge on any atom is 0.141 e. The van der Waals surface area contributed by atoms with Crippen LogP contribution in [0.3, 0.4) is 0 Å². The maximum absolute atomic E-state index is 5.92. The van der Waals surface area contributed by atoms with Gasteiger partial charge in [0.15, 0.2) is 0 Å². The van der Waals surface area contributed by atoms with Crippen LogP contribution in [-0.4, -0.2) is 28.1 Å². The highest BCUT2D eigenvalue weighted by molar-refractivity contribution is 5.23. The lowest BCUT2D eigenvalue weighted by molar-refractivity contribution is 0.0904. The van der Waals surface area contributed by atoms with E-state index in [4.69, 9.17) is 9.26 Å². The van der Waals surface area contributed by atoms with Crippen LogP contribution in [0.15, 0.2) is 16.9 Å². The first-order valence-electron chi connectivity index (χ1n) is 8.50. The molecule has 1 saturated heterocycles. The van der Waals surface area contributed by atoms with Crippen LogP contribution in [0.4, 0.5) is 0 Å². The summed E-state index contributed by atoms with van der Waals surface area (Å²) in [5.74, 6) is 1.48. The molecule has 2 aromatic rings. The SMILES string of the molecule is CCc1noc(CC)c1CNC[C@H]1CCO[C@@H]1c1cnn(C)c1. The average molecular weight is 318 g/mol. The predicted molar refractivity (Wildman–Crippen MR) is 87.0 cm³/mol. The Morgan fingerprint density at radius 3 is 2.91 bits per heavy atom. The fourth-order valence-corrected chi connectivity index (χ4v) is 3.32. The second-order valence-electron chi connectivity index (χ2n) is 6.16. The van der Waals surface area contributed by atoms with Gasteiger partial charge in [-0.05, 0) is 12.8 Å². The van der Waals surface area contributed by atoms with E-state index in [1.54, 1.807) is 0 Å². The molecule has 0 radical (unpaired) electrons. The fraction of sp³-hybridized carbons (Fsp3) is 0.647. The minimum atomic E-state index is 0.148. The number of rotatable bonds is 7. The van der Waals surface area contributed by atoms with Crippen molar-refractivity contribution >= 4 is 0 Å². The number of nitrogens with one attached hydrogen (secondary N) is 1. The average Bonchev–Trinajstić information content (AvgIpc) is 3.26. The van der Waals surface area contributed by atoms with Gasteiger partial charge in [-0.25, -0.2) is 0 Å². The molecule has 1 aliphatic rings. The van der Waals surface area contributed by atoms with Crippen molar-refractivity contribution in [2.45, 2.75) is 45.8 Å². The second kappa shape index (κ2) is 7.27. The van der Waals surface area contributed by atoms with Crippen LogP contribution in [0.5, 0.6) is 0 Å². The van der Waals surface area contributed by atoms with Gasteiger partial charge >= 0.3 is 0 Å². The summed E-state index contributed by atoms with van der Waals surface area (Å²) in [4.78, 5) is 0. The van der Waals surface area contributed by atoms with Crippen LogP contribution >= 0.6 is 0 Å². The molecule has 0 spiro atoms. The van der Waals surface area contributed by atoms with Gasteiger partial charge in [-0.15, -0.1) is 0 Å². The molecule has 0 unspecified atom stereocenters. The molecule has 1 fully saturated rings. The Morgan fingerprint density at radius 1 is 1.35 bits per heavy atom. The standard InChI is InChI=1S/C17H26N4O2/c1-4-15-14(16(5-2)23-20-15)10-18-8-12-6-7-22-17(12)13-9-19-21(3)11-13/h9,11-12,17-18H,4-8,10H2,1-3H3/t12-,17+/m1/s1. The molecule has 2 atom stereocenters. The van der Waals surface area contributed by atoms with Crippen LogP contribution in [0.25, 0.3) is 0 Å². The van der Waals surface area contributed by atoms with Crippen molar-refractivity contribution in [2.75, 3.05) is 13.2 Å². The van der Waals surface area contributed by atoms with Crippen molar-refractivity contribution in [1.29, 1.82) is 0 Å². The van der Waals surface area contributed by atoms with Crippen molar-refractivity contribution in [3.8, 4) is 0 Å². The molecular weight excluding hydrogens is 292 g/mol. The smallest absolute Gasteiger partial charge is 0.141 e. The molecule has 1 N–H and O–H groups in total. The largest absolute Gasteiger partial charge is 0.373 e. The molecule has 0 aliphatic carbocycles. The highest BCUT2D eigenvalue weighted by atomic mass is 16.5. The summed E-state index contributed by atoms with van der Waals surface area (Å²) in [5, 5.41) is 12.0. The molecular formula is C17H26N4O2. The van der Waals surface area contributed by atoms with E-state index >= 15 is 0 Å². The zero-order valence-electron chi connectivity index (χ0n) is 14.2. The minimum absolute atomic E-state index is 0.148. The number of hydrogen-bond donors (Lipinski definition) is 1. The topological polar surface area (TPSA) is 65.1 Å². The molecule has 1 aliphatic heterocycles. The summed E-state index contributed by atoms with van der Waals surface area (Å²) in [6.07, 6.45) is 6.98. The second-order valence-corrected chi connectivity index (χ2v) is 6.16. The van der Waals surface area contributed by atoms with Crippen LogP contribution in [0.2, 0.25) is 0 Å². The van der Waals surface area contributed by atoms with E-state index in [1.165, 1.54) is 11.1 Å². The Kier molecular flexibility index (Phi) is 5.13. The first-order valence-corrected chi connectivity index (χ1v) is 8.50. The minimum Gasteiger partial charge on any atom is -0.373 e. The summed E-state index contributed by atoms with van der Waals surface area (Å²) < 4.78 is 13.2. The normalized spacial score (nSPS) is 21.2. The highest BCUT2D eigenvalue weighted by Gasteiger charge is 2.30. The Labute approximate surface area is 137 Å². The molecule has 0 aromatic carbocycles. The number of aromatic nitrogens is 3. The molecule has 3 rings (SSSR count). The van der Waals surface area contributed by atoms with E-state index in [1.807, 2.05) is 24.1 Å². The molecule has 23 heavy (non-hydrogen) atoms. The van der Waals surface area contributed by atoms with Gasteiger partial charge in [0.2, 0.25) is 0 Å². The van der Waals surface area contributed by atoms with Gasteiger partial charge in [0.1, 0.15) is 5.76 Å². The third-order valence-electron chi connectivity index (χ3n) is 4.58. The summed E-state index contributed by atoms with van der Waals surface area (Å²) in [6.45, 7) is 6.78. The van der Waals surface area contributed by atoms with Crippen LogP contribution in [0, 0.1) is 5.92 Å². The molecule has 0 bridgehead atoms. The van der Waals surface area contributed by atoms with Gasteiger partial charge in [0, 0.05) is 56.4 Å². The molecule has 6 nitrogen and oxygen atoms in total. The first kappa shape index (κ1) is 16.2. The maximum atomic E-state index is 5.92. The summed E-state index contributed by atoms with van der Waals surface area (Å²) in [5.41, 5.74) is 3.47. The Morgan fingerprint density at radius 2 is 2.22 bits per heavy atom. The summed E-state index contributed by atoms with van der Waals surface area (Å²) in [7, 11) is 1.94. The van der Waals surface area contributed by atoms with Gasteiger partial charge in [0.05, 0.1) is 18.0 Å². The summed E-state index contributed by atoms with van der Waals surface area (Å²) in [6, 6.07) is 0. The van der Waals surface area contributed by atoms with E-state index in [-0.39, 0.29) is 6.10 Å². The van der Waals surface area contributed by atoms with E-state index in [0.717, 1.165) is 50.4 Å². The molecule has 6 heteroatoms. The Bertz CT molecular complexity index is 613. The highest BCUT2D eigenvalue weighted by Crippen LogP contribution is 2.33. The van der Waals surface area contributed by atoms with Gasteiger partial charge in [0.25, 0.3) is 0 Å². The predicted octanol–water partition coefficient (Wildman–Crippen LogP) is 2.40. The van der Waals surface area contributed by atoms with E-state index < -0.39 is 0 Å². The van der Waals surface area contributed by atoms with Gasteiger partial charge in [-0.1, -0.05) is 19.0 Å². The first-order chi connectivity index (χ1) is 11.2. The quantitative estimate of drug-likeness (QED) is 0.849. The van der Waals surface area contributed by atoms with Crippen LogP contribution < -0.4 is 5.32 Å². The van der Waals surface area contributed by atoms with E-state index in [2.05, 4.69) is 29.4 Å². The number of hydrogen-bond acceptors (Lipinski definition) is 5. The molecule has 126 valence electrons. The van der Waals surface area contributed by atoms with E-state index in [0.29, 0.717) is 5.92 Å². The van der Waals surface area contributed by atoms with Crippen LogP contribution in [-0.2, 0) is 31.2 Å². The molecule has 0 amide bonds.